The van der Waals surface area contributed by atoms with E-state index < -0.39 is 0 Å². The standard InChI is InChI=1S/C23H34O2/c24-18-22-23(25-22)21-17-11-10-16-20(21)15-9-4-2-1-3-6-12-19-13-7-5-8-14-19/h10-11,16-19,22-23H,1-9,12-15H2. The van der Waals surface area contributed by atoms with Gasteiger partial charge in [-0.05, 0) is 29.9 Å². The lowest BCUT2D eigenvalue weighted by Crippen LogP contribution is -2.05. The van der Waals surface area contributed by atoms with Gasteiger partial charge in [-0.25, -0.2) is 0 Å². The van der Waals surface area contributed by atoms with Gasteiger partial charge in [0.2, 0.25) is 0 Å². The quantitative estimate of drug-likeness (QED) is 0.273. The molecule has 138 valence electrons. The number of carbonyl (C=O) groups is 1. The molecular formula is C23H34O2. The van der Waals surface area contributed by atoms with Gasteiger partial charge in [0.05, 0.1) is 0 Å². The summed E-state index contributed by atoms with van der Waals surface area (Å²) in [4.78, 5) is 10.8. The summed E-state index contributed by atoms with van der Waals surface area (Å²) in [5, 5.41) is 0. The highest BCUT2D eigenvalue weighted by Gasteiger charge is 2.40. The van der Waals surface area contributed by atoms with Crippen molar-refractivity contribution in [2.75, 3.05) is 0 Å². The van der Waals surface area contributed by atoms with Crippen LogP contribution in [-0.2, 0) is 16.0 Å². The molecule has 1 aliphatic carbocycles. The lowest BCUT2D eigenvalue weighted by molar-refractivity contribution is -0.108. The van der Waals surface area contributed by atoms with Gasteiger partial charge < -0.3 is 9.53 Å². The average Bonchev–Trinajstić information content (AvgIpc) is 3.45. The smallest absolute Gasteiger partial charge is 0.151 e. The number of rotatable bonds is 11. The topological polar surface area (TPSA) is 29.6 Å². The van der Waals surface area contributed by atoms with Crippen molar-refractivity contribution < 1.29 is 9.53 Å². The number of aryl methyl sites for hydroxylation is 1. The van der Waals surface area contributed by atoms with Crippen molar-refractivity contribution in [3.63, 3.8) is 0 Å². The van der Waals surface area contributed by atoms with Crippen molar-refractivity contribution in [1.82, 2.24) is 0 Å². The van der Waals surface area contributed by atoms with Crippen LogP contribution in [0, 0.1) is 5.92 Å². The molecule has 1 saturated carbocycles. The summed E-state index contributed by atoms with van der Waals surface area (Å²) in [5.41, 5.74) is 2.60. The Morgan fingerprint density at radius 3 is 2.40 bits per heavy atom. The number of hydrogen-bond acceptors (Lipinski definition) is 2. The second-order valence-electron chi connectivity index (χ2n) is 8.02. The van der Waals surface area contributed by atoms with Crippen LogP contribution < -0.4 is 0 Å². The summed E-state index contributed by atoms with van der Waals surface area (Å²) in [5.74, 6) is 1.05. The molecule has 0 radical (unpaired) electrons. The first-order chi connectivity index (χ1) is 12.4. The molecule has 1 saturated heterocycles. The first kappa shape index (κ1) is 18.6. The largest absolute Gasteiger partial charge is 0.356 e. The third kappa shape index (κ3) is 5.95. The van der Waals surface area contributed by atoms with Crippen LogP contribution in [0.15, 0.2) is 24.3 Å². The van der Waals surface area contributed by atoms with Gasteiger partial charge in [0, 0.05) is 0 Å². The summed E-state index contributed by atoms with van der Waals surface area (Å²) < 4.78 is 5.45. The Kier molecular flexibility index (Phi) is 7.54. The second kappa shape index (κ2) is 10.1. The zero-order chi connectivity index (χ0) is 17.3. The van der Waals surface area contributed by atoms with Gasteiger partial charge in [-0.2, -0.15) is 0 Å². The molecule has 2 aliphatic rings. The Balaban J connectivity index is 1.25. The molecule has 1 heterocycles. The maximum absolute atomic E-state index is 10.8. The molecule has 2 atom stereocenters. The molecule has 0 amide bonds. The molecular weight excluding hydrogens is 308 g/mol. The first-order valence-electron chi connectivity index (χ1n) is 10.6. The Morgan fingerprint density at radius 2 is 1.64 bits per heavy atom. The van der Waals surface area contributed by atoms with Gasteiger partial charge in [-0.1, -0.05) is 94.9 Å². The Morgan fingerprint density at radius 1 is 0.920 bits per heavy atom. The molecule has 0 spiro atoms. The van der Waals surface area contributed by atoms with E-state index >= 15 is 0 Å². The fraction of sp³-hybridized carbons (Fsp3) is 0.696. The molecule has 0 N–H and O–H groups in total. The summed E-state index contributed by atoms with van der Waals surface area (Å²) in [6, 6.07) is 8.47. The molecule has 2 heteroatoms. The molecule has 2 nitrogen and oxygen atoms in total. The van der Waals surface area contributed by atoms with Crippen LogP contribution in [0.4, 0.5) is 0 Å². The Hall–Kier alpha value is -1.15. The minimum Gasteiger partial charge on any atom is -0.356 e. The number of hydrogen-bond donors (Lipinski definition) is 0. The molecule has 0 bridgehead atoms. The maximum Gasteiger partial charge on any atom is 0.151 e. The van der Waals surface area contributed by atoms with Crippen LogP contribution >= 0.6 is 0 Å². The van der Waals surface area contributed by atoms with Gasteiger partial charge in [-0.15, -0.1) is 0 Å². The van der Waals surface area contributed by atoms with E-state index in [0.717, 1.165) is 18.6 Å². The summed E-state index contributed by atoms with van der Waals surface area (Å²) in [6.45, 7) is 0. The van der Waals surface area contributed by atoms with Gasteiger partial charge in [0.15, 0.2) is 6.29 Å². The Bertz CT molecular complexity index is 519. The zero-order valence-electron chi connectivity index (χ0n) is 15.6. The van der Waals surface area contributed by atoms with E-state index in [9.17, 15) is 4.79 Å². The van der Waals surface area contributed by atoms with Crippen molar-refractivity contribution in [3.8, 4) is 0 Å². The number of epoxide rings is 1. The van der Waals surface area contributed by atoms with Crippen molar-refractivity contribution in [3.05, 3.63) is 35.4 Å². The molecule has 1 aromatic rings. The molecule has 25 heavy (non-hydrogen) atoms. The van der Waals surface area contributed by atoms with Crippen LogP contribution in [0.2, 0.25) is 0 Å². The van der Waals surface area contributed by atoms with E-state index in [1.165, 1.54) is 88.2 Å². The number of carbonyl (C=O) groups excluding carboxylic acids is 1. The van der Waals surface area contributed by atoms with Gasteiger partial charge in [0.1, 0.15) is 12.2 Å². The lowest BCUT2D eigenvalue weighted by atomic mass is 9.85. The van der Waals surface area contributed by atoms with Gasteiger partial charge >= 0.3 is 0 Å². The molecule has 3 rings (SSSR count). The number of ether oxygens (including phenoxy) is 1. The second-order valence-corrected chi connectivity index (χ2v) is 8.02. The van der Waals surface area contributed by atoms with Gasteiger partial charge in [-0.3, -0.25) is 0 Å². The highest BCUT2D eigenvalue weighted by Crippen LogP contribution is 2.39. The van der Waals surface area contributed by atoms with Crippen molar-refractivity contribution in [2.24, 2.45) is 5.92 Å². The van der Waals surface area contributed by atoms with Crippen molar-refractivity contribution in [2.45, 2.75) is 95.7 Å². The predicted octanol–water partition coefficient (Wildman–Crippen LogP) is 6.18. The molecule has 0 aromatic heterocycles. The fourth-order valence-electron chi connectivity index (χ4n) is 4.45. The highest BCUT2D eigenvalue weighted by atomic mass is 16.6. The third-order valence-electron chi connectivity index (χ3n) is 6.05. The predicted molar refractivity (Wildman–Crippen MR) is 103 cm³/mol. The van der Waals surface area contributed by atoms with Crippen LogP contribution in [0.5, 0.6) is 0 Å². The average molecular weight is 343 g/mol. The van der Waals surface area contributed by atoms with E-state index in [-0.39, 0.29) is 12.2 Å². The summed E-state index contributed by atoms with van der Waals surface area (Å²) in [6.07, 6.45) is 19.0. The fourth-order valence-corrected chi connectivity index (χ4v) is 4.45. The SMILES string of the molecule is O=CC1OC1c1ccccc1CCCCCCCCC1CCCCC1. The number of aldehydes is 1. The molecule has 1 aliphatic heterocycles. The first-order valence-corrected chi connectivity index (χ1v) is 10.6. The lowest BCUT2D eigenvalue weighted by Gasteiger charge is -2.21. The normalized spacial score (nSPS) is 23.5. The van der Waals surface area contributed by atoms with E-state index in [2.05, 4.69) is 24.3 Å². The number of benzene rings is 1. The van der Waals surface area contributed by atoms with Crippen LogP contribution in [-0.4, -0.2) is 12.4 Å². The Labute approximate surface area is 153 Å². The van der Waals surface area contributed by atoms with E-state index in [1.54, 1.807) is 0 Å². The van der Waals surface area contributed by atoms with Crippen LogP contribution in [0.3, 0.4) is 0 Å². The van der Waals surface area contributed by atoms with E-state index in [4.69, 9.17) is 4.74 Å². The third-order valence-corrected chi connectivity index (χ3v) is 6.05. The maximum atomic E-state index is 10.8. The molecule has 2 unspecified atom stereocenters. The van der Waals surface area contributed by atoms with E-state index in [1.807, 2.05) is 0 Å². The zero-order valence-corrected chi connectivity index (χ0v) is 15.6. The number of unbranched alkanes of at least 4 members (excludes halogenated alkanes) is 5. The highest BCUT2D eigenvalue weighted by molar-refractivity contribution is 5.62. The van der Waals surface area contributed by atoms with Crippen molar-refractivity contribution in [1.29, 1.82) is 0 Å². The summed E-state index contributed by atoms with van der Waals surface area (Å²) >= 11 is 0. The van der Waals surface area contributed by atoms with Crippen molar-refractivity contribution >= 4 is 6.29 Å². The van der Waals surface area contributed by atoms with Crippen LogP contribution in [0.1, 0.15) is 94.3 Å². The summed E-state index contributed by atoms with van der Waals surface area (Å²) in [7, 11) is 0. The minimum atomic E-state index is -0.203. The van der Waals surface area contributed by atoms with E-state index in [0.29, 0.717) is 0 Å². The minimum absolute atomic E-state index is 0.0217. The molecule has 1 aromatic carbocycles. The van der Waals surface area contributed by atoms with Gasteiger partial charge in [0.25, 0.3) is 0 Å². The monoisotopic (exact) mass is 342 g/mol. The molecule has 2 fully saturated rings. The van der Waals surface area contributed by atoms with Crippen LogP contribution in [0.25, 0.3) is 0 Å².